The molecule has 0 bridgehead atoms. The van der Waals surface area contributed by atoms with Crippen LogP contribution < -0.4 is 5.32 Å². The number of nitrogens with zero attached hydrogens (tertiary/aromatic N) is 1. The first-order valence-electron chi connectivity index (χ1n) is 6.09. The van der Waals surface area contributed by atoms with Gasteiger partial charge in [-0.1, -0.05) is 18.2 Å². The zero-order valence-corrected chi connectivity index (χ0v) is 10.6. The molecule has 2 atom stereocenters. The van der Waals surface area contributed by atoms with Gasteiger partial charge in [-0.05, 0) is 37.6 Å². The molecular formula is C15H17FN2. The van der Waals surface area contributed by atoms with Crippen molar-refractivity contribution in [1.82, 2.24) is 10.3 Å². The molecular weight excluding hydrogens is 227 g/mol. The Morgan fingerprint density at radius 1 is 1.00 bits per heavy atom. The van der Waals surface area contributed by atoms with Gasteiger partial charge in [-0.2, -0.15) is 0 Å². The number of hydrogen-bond donors (Lipinski definition) is 1. The van der Waals surface area contributed by atoms with Gasteiger partial charge in [0.15, 0.2) is 0 Å². The van der Waals surface area contributed by atoms with Crippen LogP contribution in [0.1, 0.15) is 37.1 Å². The minimum absolute atomic E-state index is 0.0330. The van der Waals surface area contributed by atoms with Gasteiger partial charge >= 0.3 is 0 Å². The Bertz CT molecular complexity index is 499. The van der Waals surface area contributed by atoms with Gasteiger partial charge in [-0.3, -0.25) is 4.98 Å². The van der Waals surface area contributed by atoms with E-state index in [4.69, 9.17) is 0 Å². The second kappa shape index (κ2) is 5.74. The highest BCUT2D eigenvalue weighted by Crippen LogP contribution is 2.20. The summed E-state index contributed by atoms with van der Waals surface area (Å²) in [5.74, 6) is -0.167. The van der Waals surface area contributed by atoms with Gasteiger partial charge < -0.3 is 5.32 Å². The second-order valence-electron chi connectivity index (χ2n) is 4.41. The first-order valence-corrected chi connectivity index (χ1v) is 6.09. The molecule has 1 aromatic heterocycles. The molecule has 0 aliphatic heterocycles. The summed E-state index contributed by atoms with van der Waals surface area (Å²) in [5.41, 5.74) is 1.84. The van der Waals surface area contributed by atoms with Gasteiger partial charge in [0.2, 0.25) is 0 Å². The van der Waals surface area contributed by atoms with Crippen LogP contribution in [-0.2, 0) is 0 Å². The van der Waals surface area contributed by atoms with E-state index in [0.29, 0.717) is 5.56 Å². The Kier molecular flexibility index (Phi) is 4.05. The normalized spacial score (nSPS) is 14.2. The Balaban J connectivity index is 2.08. The average molecular weight is 244 g/mol. The van der Waals surface area contributed by atoms with Crippen molar-refractivity contribution < 1.29 is 4.39 Å². The molecule has 0 amide bonds. The van der Waals surface area contributed by atoms with Gasteiger partial charge in [-0.15, -0.1) is 0 Å². The summed E-state index contributed by atoms with van der Waals surface area (Å²) >= 11 is 0. The Labute approximate surface area is 107 Å². The number of hydrogen-bond acceptors (Lipinski definition) is 2. The summed E-state index contributed by atoms with van der Waals surface area (Å²) in [6, 6.07) is 10.9. The van der Waals surface area contributed by atoms with E-state index in [1.165, 1.54) is 6.07 Å². The van der Waals surface area contributed by atoms with Gasteiger partial charge in [0.05, 0.1) is 0 Å². The summed E-state index contributed by atoms with van der Waals surface area (Å²) in [6.07, 6.45) is 3.53. The molecule has 1 aromatic carbocycles. The quantitative estimate of drug-likeness (QED) is 0.888. The lowest BCUT2D eigenvalue weighted by Gasteiger charge is -2.21. The van der Waals surface area contributed by atoms with Crippen LogP contribution in [0.3, 0.4) is 0 Å². The maximum atomic E-state index is 13.6. The molecule has 94 valence electrons. The number of aromatic nitrogens is 1. The maximum absolute atomic E-state index is 13.6. The summed E-state index contributed by atoms with van der Waals surface area (Å²) in [7, 11) is 0. The highest BCUT2D eigenvalue weighted by atomic mass is 19.1. The molecule has 0 radical (unpaired) electrons. The fourth-order valence-electron chi connectivity index (χ4n) is 2.04. The number of halogens is 1. The zero-order chi connectivity index (χ0) is 13.0. The first-order chi connectivity index (χ1) is 8.68. The number of pyridine rings is 1. The fraction of sp³-hybridized carbons (Fsp3) is 0.267. The van der Waals surface area contributed by atoms with E-state index in [9.17, 15) is 4.39 Å². The van der Waals surface area contributed by atoms with Crippen LogP contribution in [0.15, 0.2) is 48.8 Å². The van der Waals surface area contributed by atoms with E-state index in [1.807, 2.05) is 31.2 Å². The third-order valence-electron chi connectivity index (χ3n) is 3.08. The SMILES string of the molecule is CC(N[C@@H](C)c1ccncc1)c1ccccc1F. The predicted octanol–water partition coefficient (Wildman–Crippen LogP) is 3.63. The van der Waals surface area contributed by atoms with Crippen LogP contribution in [0.5, 0.6) is 0 Å². The Morgan fingerprint density at radius 3 is 2.33 bits per heavy atom. The molecule has 1 heterocycles. The number of benzene rings is 1. The predicted molar refractivity (Wildman–Crippen MR) is 70.6 cm³/mol. The molecule has 0 saturated carbocycles. The van der Waals surface area contributed by atoms with Crippen molar-refractivity contribution in [3.63, 3.8) is 0 Å². The lowest BCUT2D eigenvalue weighted by Crippen LogP contribution is -2.23. The van der Waals surface area contributed by atoms with Crippen molar-refractivity contribution in [2.24, 2.45) is 0 Å². The first kappa shape index (κ1) is 12.7. The van der Waals surface area contributed by atoms with E-state index in [1.54, 1.807) is 18.5 Å². The lowest BCUT2D eigenvalue weighted by molar-refractivity contribution is 0.474. The molecule has 0 aliphatic carbocycles. The molecule has 0 aliphatic rings. The van der Waals surface area contributed by atoms with Crippen molar-refractivity contribution in [2.75, 3.05) is 0 Å². The van der Waals surface area contributed by atoms with E-state index >= 15 is 0 Å². The summed E-state index contributed by atoms with van der Waals surface area (Å²) < 4.78 is 13.6. The number of nitrogens with one attached hydrogen (secondary N) is 1. The summed E-state index contributed by atoms with van der Waals surface area (Å²) in [4.78, 5) is 3.99. The van der Waals surface area contributed by atoms with Crippen LogP contribution in [0.2, 0.25) is 0 Å². The van der Waals surface area contributed by atoms with E-state index in [2.05, 4.69) is 17.2 Å². The molecule has 0 saturated heterocycles. The van der Waals surface area contributed by atoms with Crippen LogP contribution >= 0.6 is 0 Å². The Morgan fingerprint density at radius 2 is 1.67 bits per heavy atom. The van der Waals surface area contributed by atoms with Crippen molar-refractivity contribution in [2.45, 2.75) is 25.9 Å². The van der Waals surface area contributed by atoms with Crippen molar-refractivity contribution in [3.05, 3.63) is 65.7 Å². The van der Waals surface area contributed by atoms with E-state index < -0.39 is 0 Å². The smallest absolute Gasteiger partial charge is 0.127 e. The molecule has 3 heteroatoms. The molecule has 18 heavy (non-hydrogen) atoms. The standard InChI is InChI=1S/C15H17FN2/c1-11(13-7-9-17-10-8-13)18-12(2)14-5-3-4-6-15(14)16/h3-12,18H,1-2H3/t11-,12?/m0/s1. The topological polar surface area (TPSA) is 24.9 Å². The molecule has 0 fully saturated rings. The Hall–Kier alpha value is -1.74. The molecule has 1 unspecified atom stereocenters. The zero-order valence-electron chi connectivity index (χ0n) is 10.6. The van der Waals surface area contributed by atoms with Gasteiger partial charge in [0.1, 0.15) is 5.82 Å². The van der Waals surface area contributed by atoms with Crippen LogP contribution in [0, 0.1) is 5.82 Å². The molecule has 2 rings (SSSR count). The van der Waals surface area contributed by atoms with Gasteiger partial charge in [0, 0.05) is 30.0 Å². The van der Waals surface area contributed by atoms with E-state index in [-0.39, 0.29) is 17.9 Å². The molecule has 1 N–H and O–H groups in total. The minimum Gasteiger partial charge on any atom is -0.304 e. The molecule has 2 aromatic rings. The highest BCUT2D eigenvalue weighted by molar-refractivity contribution is 5.22. The third kappa shape index (κ3) is 2.93. The van der Waals surface area contributed by atoms with Crippen molar-refractivity contribution in [1.29, 1.82) is 0 Å². The highest BCUT2D eigenvalue weighted by Gasteiger charge is 2.13. The third-order valence-corrected chi connectivity index (χ3v) is 3.08. The minimum atomic E-state index is -0.167. The average Bonchev–Trinajstić information content (AvgIpc) is 2.40. The lowest BCUT2D eigenvalue weighted by atomic mass is 10.0. The van der Waals surface area contributed by atoms with Crippen LogP contribution in [0.4, 0.5) is 4.39 Å². The van der Waals surface area contributed by atoms with Crippen molar-refractivity contribution >= 4 is 0 Å². The maximum Gasteiger partial charge on any atom is 0.127 e. The van der Waals surface area contributed by atoms with E-state index in [0.717, 1.165) is 5.56 Å². The summed E-state index contributed by atoms with van der Waals surface area (Å²) in [5, 5.41) is 3.39. The van der Waals surface area contributed by atoms with Crippen LogP contribution in [0.25, 0.3) is 0 Å². The number of rotatable bonds is 4. The van der Waals surface area contributed by atoms with Gasteiger partial charge in [-0.25, -0.2) is 4.39 Å². The van der Waals surface area contributed by atoms with Crippen molar-refractivity contribution in [3.8, 4) is 0 Å². The van der Waals surface area contributed by atoms with Crippen LogP contribution in [-0.4, -0.2) is 4.98 Å². The van der Waals surface area contributed by atoms with Gasteiger partial charge in [0.25, 0.3) is 0 Å². The summed E-state index contributed by atoms with van der Waals surface area (Å²) in [6.45, 7) is 4.03. The monoisotopic (exact) mass is 244 g/mol. The molecule has 0 spiro atoms. The second-order valence-corrected chi connectivity index (χ2v) is 4.41. The molecule has 2 nitrogen and oxygen atoms in total. The fourth-order valence-corrected chi connectivity index (χ4v) is 2.04. The largest absolute Gasteiger partial charge is 0.304 e.